The molecule has 1 spiro atoms. The minimum absolute atomic E-state index is 0.00510. The summed E-state index contributed by atoms with van der Waals surface area (Å²) in [5.74, 6) is -0.950. The Labute approximate surface area is 180 Å². The van der Waals surface area contributed by atoms with Crippen LogP contribution in [0.3, 0.4) is 0 Å². The van der Waals surface area contributed by atoms with E-state index in [0.717, 1.165) is 16.7 Å². The Balaban J connectivity index is 1.49. The molecule has 5 rings (SSSR count). The monoisotopic (exact) mass is 414 g/mol. The fourth-order valence-corrected chi connectivity index (χ4v) is 4.20. The van der Waals surface area contributed by atoms with Crippen LogP contribution in [0.15, 0.2) is 71.4 Å². The van der Waals surface area contributed by atoms with Gasteiger partial charge in [0.15, 0.2) is 0 Å². The summed E-state index contributed by atoms with van der Waals surface area (Å²) in [5.41, 5.74) is 5.71. The highest BCUT2D eigenvalue weighted by Crippen LogP contribution is 2.51. The van der Waals surface area contributed by atoms with E-state index in [0.29, 0.717) is 23.3 Å². The molecular weight excluding hydrogens is 392 g/mol. The van der Waals surface area contributed by atoms with E-state index in [1.54, 1.807) is 18.2 Å². The number of nitrogens with zero attached hydrogens (tertiary/aromatic N) is 1. The molecule has 2 aliphatic heterocycles. The summed E-state index contributed by atoms with van der Waals surface area (Å²) in [7, 11) is 0. The Morgan fingerprint density at radius 3 is 2.77 bits per heavy atom. The van der Waals surface area contributed by atoms with Gasteiger partial charge in [-0.25, -0.2) is 5.43 Å². The number of hydrogen-bond acceptors (Lipinski definition) is 5. The first-order valence-corrected chi connectivity index (χ1v) is 10.1. The summed E-state index contributed by atoms with van der Waals surface area (Å²) in [6.07, 6.45) is 11.3. The van der Waals surface area contributed by atoms with Crippen LogP contribution in [-0.4, -0.2) is 17.2 Å². The molecule has 0 saturated heterocycles. The van der Waals surface area contributed by atoms with Crippen molar-refractivity contribution in [3.05, 3.63) is 88.5 Å². The van der Waals surface area contributed by atoms with Crippen molar-refractivity contribution in [1.29, 1.82) is 0 Å². The Morgan fingerprint density at radius 1 is 1.19 bits per heavy atom. The van der Waals surface area contributed by atoms with Crippen molar-refractivity contribution in [2.75, 3.05) is 0 Å². The number of ether oxygens (including phenoxy) is 2. The van der Waals surface area contributed by atoms with Gasteiger partial charge < -0.3 is 14.6 Å². The van der Waals surface area contributed by atoms with Gasteiger partial charge in [-0.15, -0.1) is 0 Å². The van der Waals surface area contributed by atoms with Gasteiger partial charge in [-0.3, -0.25) is 4.79 Å². The summed E-state index contributed by atoms with van der Waals surface area (Å²) >= 11 is 0. The minimum atomic E-state index is -1.10. The average molecular weight is 414 g/mol. The van der Waals surface area contributed by atoms with Crippen molar-refractivity contribution in [1.82, 2.24) is 5.43 Å². The van der Waals surface area contributed by atoms with Crippen LogP contribution in [0.1, 0.15) is 42.5 Å². The largest absolute Gasteiger partial charge is 0.507 e. The minimum Gasteiger partial charge on any atom is -0.507 e. The number of fused-ring (bicyclic) bond motifs is 3. The van der Waals surface area contributed by atoms with Gasteiger partial charge in [0.2, 0.25) is 0 Å². The Kier molecular flexibility index (Phi) is 4.34. The van der Waals surface area contributed by atoms with E-state index < -0.39 is 11.4 Å². The van der Waals surface area contributed by atoms with Crippen LogP contribution in [0.5, 0.6) is 11.5 Å². The second-order valence-corrected chi connectivity index (χ2v) is 8.20. The van der Waals surface area contributed by atoms with E-state index in [1.165, 1.54) is 6.21 Å². The normalized spacial score (nSPS) is 22.3. The van der Waals surface area contributed by atoms with E-state index in [9.17, 15) is 9.90 Å². The molecule has 2 heterocycles. The van der Waals surface area contributed by atoms with Gasteiger partial charge in [-0.1, -0.05) is 42.5 Å². The quantitative estimate of drug-likeness (QED) is 0.581. The van der Waals surface area contributed by atoms with Crippen LogP contribution in [0.2, 0.25) is 0 Å². The Hall–Kier alpha value is -3.64. The number of carbonyl (C=O) groups is 1. The van der Waals surface area contributed by atoms with E-state index in [4.69, 9.17) is 9.47 Å². The number of benzene rings is 2. The average Bonchev–Trinajstić information content (AvgIpc) is 3.36. The third kappa shape index (κ3) is 3.16. The van der Waals surface area contributed by atoms with Gasteiger partial charge in [0, 0.05) is 16.7 Å². The Morgan fingerprint density at radius 2 is 2.00 bits per heavy atom. The number of aromatic hydroxyl groups is 1. The maximum atomic E-state index is 12.2. The maximum Gasteiger partial charge on any atom is 0.267 e. The van der Waals surface area contributed by atoms with Crippen molar-refractivity contribution in [2.24, 2.45) is 5.10 Å². The zero-order valence-electron chi connectivity index (χ0n) is 17.3. The molecule has 6 nitrogen and oxygen atoms in total. The number of carbonyl (C=O) groups excluding carboxylic acids is 1. The molecule has 3 aliphatic rings. The molecule has 2 N–H and O–H groups in total. The Bertz CT molecular complexity index is 1210. The summed E-state index contributed by atoms with van der Waals surface area (Å²) in [4.78, 5) is 12.2. The molecule has 0 radical (unpaired) electrons. The standard InChI is InChI=1S/C25H22N2O4/c1-24(2)19-9-5-6-10-20(19)25(31-24)14-13-16-11-12-21(28)18(22(16)30-25)15-26-27-23(29)17-7-3-4-8-17/h3-7,9-15,28H,8H2,1-2H3,(H,27,29). The van der Waals surface area contributed by atoms with Gasteiger partial charge >= 0.3 is 0 Å². The van der Waals surface area contributed by atoms with Crippen molar-refractivity contribution in [2.45, 2.75) is 31.7 Å². The maximum absolute atomic E-state index is 12.2. The van der Waals surface area contributed by atoms with Crippen LogP contribution >= 0.6 is 0 Å². The number of hydrazone groups is 1. The van der Waals surface area contributed by atoms with Crippen LogP contribution in [-0.2, 0) is 20.9 Å². The van der Waals surface area contributed by atoms with Crippen LogP contribution in [0.25, 0.3) is 6.08 Å². The van der Waals surface area contributed by atoms with Crippen molar-refractivity contribution in [3.63, 3.8) is 0 Å². The molecule has 1 unspecified atom stereocenters. The highest BCUT2D eigenvalue weighted by Gasteiger charge is 2.51. The second-order valence-electron chi connectivity index (χ2n) is 8.20. The van der Waals surface area contributed by atoms with E-state index >= 15 is 0 Å². The molecule has 1 atom stereocenters. The topological polar surface area (TPSA) is 80.2 Å². The zero-order chi connectivity index (χ0) is 21.6. The second kappa shape index (κ2) is 6.96. The number of phenolic OH excluding ortho intramolecular Hbond substituents is 1. The molecule has 156 valence electrons. The van der Waals surface area contributed by atoms with Crippen molar-refractivity contribution >= 4 is 18.2 Å². The SMILES string of the molecule is CC1(C)OC2(C=Cc3ccc(O)c(C=NNC(=O)C4=CC=CC4)c3O2)c2ccccc21. The summed E-state index contributed by atoms with van der Waals surface area (Å²) < 4.78 is 12.8. The fraction of sp³-hybridized carbons (Fsp3) is 0.200. The lowest BCUT2D eigenvalue weighted by molar-refractivity contribution is -0.202. The van der Waals surface area contributed by atoms with Crippen LogP contribution in [0, 0.1) is 0 Å². The summed E-state index contributed by atoms with van der Waals surface area (Å²) in [6, 6.07) is 11.3. The first kappa shape index (κ1) is 19.3. The highest BCUT2D eigenvalue weighted by atomic mass is 16.7. The smallest absolute Gasteiger partial charge is 0.267 e. The lowest BCUT2D eigenvalue weighted by Gasteiger charge is -2.34. The number of rotatable bonds is 3. The first-order valence-electron chi connectivity index (χ1n) is 10.1. The fourth-order valence-electron chi connectivity index (χ4n) is 4.20. The number of allylic oxidation sites excluding steroid dienone is 3. The van der Waals surface area contributed by atoms with Crippen LogP contribution in [0.4, 0.5) is 0 Å². The van der Waals surface area contributed by atoms with Gasteiger partial charge in [0.25, 0.3) is 11.7 Å². The molecule has 2 aromatic rings. The molecule has 0 fully saturated rings. The third-order valence-corrected chi connectivity index (χ3v) is 5.72. The lowest BCUT2D eigenvalue weighted by Crippen LogP contribution is -2.35. The van der Waals surface area contributed by atoms with Crippen LogP contribution < -0.4 is 10.2 Å². The molecule has 1 amide bonds. The number of nitrogens with one attached hydrogen (secondary N) is 1. The molecule has 0 aromatic heterocycles. The van der Waals surface area contributed by atoms with E-state index in [-0.39, 0.29) is 11.7 Å². The van der Waals surface area contributed by atoms with E-state index in [1.807, 2.05) is 62.4 Å². The number of hydrogen-bond donors (Lipinski definition) is 2. The lowest BCUT2D eigenvalue weighted by atomic mass is 9.92. The van der Waals surface area contributed by atoms with Gasteiger partial charge in [0.05, 0.1) is 17.4 Å². The molecule has 0 saturated carbocycles. The molecular formula is C25H22N2O4. The summed E-state index contributed by atoms with van der Waals surface area (Å²) in [5, 5.41) is 14.5. The third-order valence-electron chi connectivity index (χ3n) is 5.72. The van der Waals surface area contributed by atoms with Crippen molar-refractivity contribution in [3.8, 4) is 11.5 Å². The molecule has 2 aromatic carbocycles. The predicted octanol–water partition coefficient (Wildman–Crippen LogP) is 4.25. The molecule has 31 heavy (non-hydrogen) atoms. The van der Waals surface area contributed by atoms with Gasteiger partial charge in [-0.05, 0) is 50.1 Å². The van der Waals surface area contributed by atoms with Crippen molar-refractivity contribution < 1.29 is 19.4 Å². The van der Waals surface area contributed by atoms with Gasteiger partial charge in [-0.2, -0.15) is 5.10 Å². The molecule has 0 bridgehead atoms. The molecule has 1 aliphatic carbocycles. The predicted molar refractivity (Wildman–Crippen MR) is 118 cm³/mol. The zero-order valence-corrected chi connectivity index (χ0v) is 17.3. The first-order chi connectivity index (χ1) is 14.9. The number of phenols is 1. The molecule has 6 heteroatoms. The number of amides is 1. The highest BCUT2D eigenvalue weighted by molar-refractivity contribution is 5.96. The van der Waals surface area contributed by atoms with E-state index in [2.05, 4.69) is 10.5 Å². The van der Waals surface area contributed by atoms with Gasteiger partial charge in [0.1, 0.15) is 11.5 Å². The summed E-state index contributed by atoms with van der Waals surface area (Å²) in [6.45, 7) is 4.00.